The molecule has 0 heterocycles. The van der Waals surface area contributed by atoms with Crippen LogP contribution in [-0.4, -0.2) is 13.0 Å². The zero-order valence-electron chi connectivity index (χ0n) is 14.5. The van der Waals surface area contributed by atoms with Crippen molar-refractivity contribution in [2.24, 2.45) is 0 Å². The van der Waals surface area contributed by atoms with E-state index in [1.165, 1.54) is 30.1 Å². The largest absolute Gasteiger partial charge is 0.489 e. The van der Waals surface area contributed by atoms with E-state index >= 15 is 0 Å². The van der Waals surface area contributed by atoms with Gasteiger partial charge in [-0.3, -0.25) is 4.79 Å². The molecule has 0 N–H and O–H groups in total. The topological polar surface area (TPSA) is 29.5 Å². The van der Waals surface area contributed by atoms with Crippen LogP contribution in [0.5, 0.6) is 5.75 Å². The second kappa shape index (κ2) is 7.95. The van der Waals surface area contributed by atoms with Gasteiger partial charge < -0.3 is 9.64 Å². The monoisotopic (exact) mass is 371 g/mol. The van der Waals surface area contributed by atoms with Crippen molar-refractivity contribution in [1.82, 2.24) is 0 Å². The summed E-state index contributed by atoms with van der Waals surface area (Å²) in [5.74, 6) is -2.26. The van der Waals surface area contributed by atoms with Crippen LogP contribution in [0.3, 0.4) is 0 Å². The fourth-order valence-electron chi connectivity index (χ4n) is 2.47. The van der Waals surface area contributed by atoms with Gasteiger partial charge in [-0.05, 0) is 48.0 Å². The Morgan fingerprint density at radius 1 is 0.926 bits per heavy atom. The molecule has 0 bridgehead atoms. The lowest BCUT2D eigenvalue weighted by molar-refractivity contribution is 0.0992. The Morgan fingerprint density at radius 2 is 1.67 bits per heavy atom. The minimum Gasteiger partial charge on any atom is -0.489 e. The van der Waals surface area contributed by atoms with Gasteiger partial charge >= 0.3 is 0 Å². The molecule has 0 aliphatic heterocycles. The Bertz CT molecular complexity index is 958. The summed E-state index contributed by atoms with van der Waals surface area (Å²) in [5, 5.41) is 0. The maximum atomic E-state index is 13.4. The summed E-state index contributed by atoms with van der Waals surface area (Å²) in [6, 6.07) is 15.7. The predicted molar refractivity (Wildman–Crippen MR) is 96.3 cm³/mol. The van der Waals surface area contributed by atoms with Gasteiger partial charge in [0.2, 0.25) is 0 Å². The first-order valence-electron chi connectivity index (χ1n) is 8.14. The van der Waals surface area contributed by atoms with E-state index in [0.29, 0.717) is 11.3 Å². The first-order chi connectivity index (χ1) is 12.9. The number of hydrogen-bond donors (Lipinski definition) is 0. The molecule has 3 aromatic carbocycles. The smallest absolute Gasteiger partial charge is 0.258 e. The van der Waals surface area contributed by atoms with E-state index in [2.05, 4.69) is 0 Å². The Morgan fingerprint density at radius 3 is 2.37 bits per heavy atom. The molecule has 0 radical (unpaired) electrons. The second-order valence-electron chi connectivity index (χ2n) is 5.91. The fourth-order valence-corrected chi connectivity index (χ4v) is 2.47. The highest BCUT2D eigenvalue weighted by molar-refractivity contribution is 6.05. The van der Waals surface area contributed by atoms with Gasteiger partial charge in [-0.2, -0.15) is 0 Å². The average Bonchev–Trinajstić information content (AvgIpc) is 2.69. The number of rotatable bonds is 5. The molecule has 0 fully saturated rings. The SMILES string of the molecule is CN(C(=O)c1cccc(OCc2ccc(F)cc2)c1)c1ccc(F)c(F)c1. The van der Waals surface area contributed by atoms with Crippen LogP contribution >= 0.6 is 0 Å². The van der Waals surface area contributed by atoms with Crippen LogP contribution in [0.4, 0.5) is 18.9 Å². The van der Waals surface area contributed by atoms with Crippen molar-refractivity contribution in [2.45, 2.75) is 6.61 Å². The maximum Gasteiger partial charge on any atom is 0.258 e. The van der Waals surface area contributed by atoms with E-state index < -0.39 is 17.5 Å². The van der Waals surface area contributed by atoms with Crippen LogP contribution in [-0.2, 0) is 6.61 Å². The number of anilines is 1. The molecule has 0 aromatic heterocycles. The normalized spacial score (nSPS) is 10.5. The van der Waals surface area contributed by atoms with Gasteiger partial charge in [0.1, 0.15) is 18.2 Å². The van der Waals surface area contributed by atoms with Gasteiger partial charge in [0.15, 0.2) is 11.6 Å². The van der Waals surface area contributed by atoms with E-state index in [-0.39, 0.29) is 18.1 Å². The maximum absolute atomic E-state index is 13.4. The summed E-state index contributed by atoms with van der Waals surface area (Å²) >= 11 is 0. The molecule has 0 saturated carbocycles. The average molecular weight is 371 g/mol. The molecular formula is C21H16F3NO2. The number of carbonyl (C=O) groups excluding carboxylic acids is 1. The fraction of sp³-hybridized carbons (Fsp3) is 0.0952. The lowest BCUT2D eigenvalue weighted by atomic mass is 10.1. The molecule has 0 atom stereocenters. The quantitative estimate of drug-likeness (QED) is 0.634. The summed E-state index contributed by atoms with van der Waals surface area (Å²) in [7, 11) is 1.47. The Balaban J connectivity index is 1.72. The van der Waals surface area contributed by atoms with Crippen molar-refractivity contribution in [3.05, 3.63) is 95.3 Å². The number of amides is 1. The molecule has 0 aliphatic rings. The van der Waals surface area contributed by atoms with Crippen molar-refractivity contribution in [1.29, 1.82) is 0 Å². The van der Waals surface area contributed by atoms with Crippen LogP contribution in [0.15, 0.2) is 66.7 Å². The molecule has 3 nitrogen and oxygen atoms in total. The number of ether oxygens (including phenoxy) is 1. The zero-order valence-corrected chi connectivity index (χ0v) is 14.5. The van der Waals surface area contributed by atoms with Gasteiger partial charge in [-0.1, -0.05) is 18.2 Å². The lowest BCUT2D eigenvalue weighted by Gasteiger charge is -2.18. The summed E-state index contributed by atoms with van der Waals surface area (Å²) in [6.45, 7) is 0.219. The third kappa shape index (κ3) is 4.47. The summed E-state index contributed by atoms with van der Waals surface area (Å²) < 4.78 is 45.0. The van der Waals surface area contributed by atoms with E-state index in [0.717, 1.165) is 17.7 Å². The highest BCUT2D eigenvalue weighted by Crippen LogP contribution is 2.21. The van der Waals surface area contributed by atoms with Crippen LogP contribution in [0.25, 0.3) is 0 Å². The first-order valence-corrected chi connectivity index (χ1v) is 8.14. The Hall–Kier alpha value is -3.28. The van der Waals surface area contributed by atoms with Crippen molar-refractivity contribution in [3.63, 3.8) is 0 Å². The number of benzene rings is 3. The van der Waals surface area contributed by atoms with Crippen molar-refractivity contribution < 1.29 is 22.7 Å². The van der Waals surface area contributed by atoms with Crippen LogP contribution in [0, 0.1) is 17.5 Å². The minimum atomic E-state index is -1.02. The van der Waals surface area contributed by atoms with Crippen molar-refractivity contribution in [2.75, 3.05) is 11.9 Å². The third-order valence-corrected chi connectivity index (χ3v) is 3.99. The van der Waals surface area contributed by atoms with Crippen LogP contribution < -0.4 is 9.64 Å². The van der Waals surface area contributed by atoms with E-state index in [4.69, 9.17) is 4.74 Å². The predicted octanol–water partition coefficient (Wildman–Crippen LogP) is 4.96. The van der Waals surface area contributed by atoms with Gasteiger partial charge in [-0.15, -0.1) is 0 Å². The van der Waals surface area contributed by atoms with E-state index in [9.17, 15) is 18.0 Å². The molecule has 27 heavy (non-hydrogen) atoms. The molecule has 3 rings (SSSR count). The Kier molecular flexibility index (Phi) is 5.45. The highest BCUT2D eigenvalue weighted by atomic mass is 19.2. The molecule has 138 valence electrons. The summed E-state index contributed by atoms with van der Waals surface area (Å²) in [5.41, 5.74) is 1.35. The molecule has 0 spiro atoms. The number of hydrogen-bond acceptors (Lipinski definition) is 2. The van der Waals surface area contributed by atoms with Gasteiger partial charge in [0, 0.05) is 24.4 Å². The highest BCUT2D eigenvalue weighted by Gasteiger charge is 2.16. The third-order valence-electron chi connectivity index (χ3n) is 3.99. The molecule has 3 aromatic rings. The minimum absolute atomic E-state index is 0.219. The van der Waals surface area contributed by atoms with Gasteiger partial charge in [0.25, 0.3) is 5.91 Å². The molecular weight excluding hydrogens is 355 g/mol. The molecule has 0 unspecified atom stereocenters. The number of halogens is 3. The Labute approximate surface area is 154 Å². The van der Waals surface area contributed by atoms with Crippen molar-refractivity contribution >= 4 is 11.6 Å². The van der Waals surface area contributed by atoms with Gasteiger partial charge in [0.05, 0.1) is 0 Å². The standard InChI is InChI=1S/C21H16F3NO2/c1-25(17-9-10-19(23)20(24)12-17)21(26)15-3-2-4-18(11-15)27-13-14-5-7-16(22)8-6-14/h2-12H,13H2,1H3. The number of nitrogens with zero attached hydrogens (tertiary/aromatic N) is 1. The van der Waals surface area contributed by atoms with Crippen LogP contribution in [0.2, 0.25) is 0 Å². The first kappa shape index (κ1) is 18.5. The van der Waals surface area contributed by atoms with Crippen molar-refractivity contribution in [3.8, 4) is 5.75 Å². The van der Waals surface area contributed by atoms with Crippen LogP contribution in [0.1, 0.15) is 15.9 Å². The number of carbonyl (C=O) groups is 1. The van der Waals surface area contributed by atoms with Gasteiger partial charge in [-0.25, -0.2) is 13.2 Å². The summed E-state index contributed by atoms with van der Waals surface area (Å²) in [6.07, 6.45) is 0. The van der Waals surface area contributed by atoms with E-state index in [1.54, 1.807) is 36.4 Å². The lowest BCUT2D eigenvalue weighted by Crippen LogP contribution is -2.26. The summed E-state index contributed by atoms with van der Waals surface area (Å²) in [4.78, 5) is 13.8. The van der Waals surface area contributed by atoms with E-state index in [1.807, 2.05) is 0 Å². The second-order valence-corrected chi connectivity index (χ2v) is 5.91. The zero-order chi connectivity index (χ0) is 19.4. The molecule has 1 amide bonds. The molecule has 6 heteroatoms. The molecule has 0 aliphatic carbocycles. The molecule has 0 saturated heterocycles.